The van der Waals surface area contributed by atoms with Gasteiger partial charge in [-0.3, -0.25) is 0 Å². The molecule has 1 rings (SSSR count). The van der Waals surface area contributed by atoms with E-state index in [4.69, 9.17) is 10.5 Å². The van der Waals surface area contributed by atoms with Gasteiger partial charge in [-0.15, -0.1) is 0 Å². The number of carbonyl (C=O) groups is 1. The van der Waals surface area contributed by atoms with Crippen molar-refractivity contribution in [3.05, 3.63) is 0 Å². The number of hydrogen-bond acceptors (Lipinski definition) is 4. The fourth-order valence-electron chi connectivity index (χ4n) is 1.16. The third-order valence-corrected chi connectivity index (χ3v) is 1.83. The average Bonchev–Trinajstić information content (AvgIpc) is 2.17. The van der Waals surface area contributed by atoms with Crippen LogP contribution in [-0.2, 0) is 9.47 Å². The van der Waals surface area contributed by atoms with Crippen LogP contribution in [0.5, 0.6) is 0 Å². The molecule has 1 fully saturated rings. The molecule has 0 saturated carbocycles. The van der Waals surface area contributed by atoms with Gasteiger partial charge in [0.2, 0.25) is 0 Å². The summed E-state index contributed by atoms with van der Waals surface area (Å²) in [5.74, 6) is 0. The highest BCUT2D eigenvalue weighted by Crippen LogP contribution is 2.04. The highest BCUT2D eigenvalue weighted by Gasteiger charge is 2.23. The Kier molecular flexibility index (Phi) is 3.31. The molecule has 70 valence electrons. The summed E-state index contributed by atoms with van der Waals surface area (Å²) in [6.45, 7) is 2.09. The summed E-state index contributed by atoms with van der Waals surface area (Å²) in [6, 6.07) is 0. The Morgan fingerprint density at radius 3 is 3.17 bits per heavy atom. The molecule has 0 aromatic heterocycles. The normalized spacial score (nSPS) is 23.8. The molecule has 5 heteroatoms. The second kappa shape index (κ2) is 4.27. The van der Waals surface area contributed by atoms with Gasteiger partial charge < -0.3 is 20.1 Å². The fourth-order valence-corrected chi connectivity index (χ4v) is 1.16. The van der Waals surface area contributed by atoms with E-state index < -0.39 is 0 Å². The maximum absolute atomic E-state index is 11.0. The summed E-state index contributed by atoms with van der Waals surface area (Å²) in [7, 11) is 1.37. The number of nitrogens with zero attached hydrogens (tertiary/aromatic N) is 1. The van der Waals surface area contributed by atoms with E-state index in [9.17, 15) is 4.79 Å². The van der Waals surface area contributed by atoms with Crippen LogP contribution >= 0.6 is 0 Å². The van der Waals surface area contributed by atoms with Gasteiger partial charge in [-0.05, 0) is 0 Å². The van der Waals surface area contributed by atoms with Crippen molar-refractivity contribution >= 4 is 6.09 Å². The van der Waals surface area contributed by atoms with Gasteiger partial charge in [0.15, 0.2) is 0 Å². The van der Waals surface area contributed by atoms with E-state index in [1.165, 1.54) is 7.11 Å². The minimum Gasteiger partial charge on any atom is -0.453 e. The van der Waals surface area contributed by atoms with Gasteiger partial charge in [0, 0.05) is 13.1 Å². The van der Waals surface area contributed by atoms with Crippen molar-refractivity contribution in [3.63, 3.8) is 0 Å². The Hall–Kier alpha value is -0.810. The highest BCUT2D eigenvalue weighted by atomic mass is 16.5. The zero-order valence-electron chi connectivity index (χ0n) is 7.16. The molecule has 0 spiro atoms. The number of amides is 1. The first-order chi connectivity index (χ1) is 5.77. The lowest BCUT2D eigenvalue weighted by Crippen LogP contribution is -2.48. The van der Waals surface area contributed by atoms with Crippen LogP contribution in [0.2, 0.25) is 0 Å². The summed E-state index contributed by atoms with van der Waals surface area (Å²) in [5.41, 5.74) is 5.40. The van der Waals surface area contributed by atoms with Crippen molar-refractivity contribution in [2.45, 2.75) is 6.10 Å². The third kappa shape index (κ3) is 2.09. The SMILES string of the molecule is COC(=O)N1CCOC(CN)C1. The monoisotopic (exact) mass is 174 g/mol. The van der Waals surface area contributed by atoms with Crippen LogP contribution < -0.4 is 5.73 Å². The van der Waals surface area contributed by atoms with Crippen LogP contribution in [0.15, 0.2) is 0 Å². The number of rotatable bonds is 1. The largest absolute Gasteiger partial charge is 0.453 e. The van der Waals surface area contributed by atoms with Crippen LogP contribution in [0.1, 0.15) is 0 Å². The van der Waals surface area contributed by atoms with Crippen LogP contribution in [0.3, 0.4) is 0 Å². The summed E-state index contributed by atoms with van der Waals surface area (Å²) >= 11 is 0. The van der Waals surface area contributed by atoms with E-state index in [2.05, 4.69) is 4.74 Å². The molecule has 1 atom stereocenters. The van der Waals surface area contributed by atoms with E-state index in [0.717, 1.165) is 0 Å². The first-order valence-electron chi connectivity index (χ1n) is 3.92. The molecule has 1 aliphatic heterocycles. The maximum atomic E-state index is 11.0. The Morgan fingerprint density at radius 1 is 1.83 bits per heavy atom. The predicted octanol–water partition coefficient (Wildman–Crippen LogP) is -0.588. The lowest BCUT2D eigenvalue weighted by atomic mass is 10.3. The molecule has 1 aliphatic rings. The molecule has 1 saturated heterocycles. The van der Waals surface area contributed by atoms with Gasteiger partial charge in [0.1, 0.15) is 0 Å². The molecular formula is C7H14N2O3. The molecule has 1 amide bonds. The van der Waals surface area contributed by atoms with E-state index in [0.29, 0.717) is 26.2 Å². The van der Waals surface area contributed by atoms with Gasteiger partial charge in [-0.1, -0.05) is 0 Å². The summed E-state index contributed by atoms with van der Waals surface area (Å²) < 4.78 is 9.85. The molecule has 0 radical (unpaired) electrons. The zero-order chi connectivity index (χ0) is 8.97. The van der Waals surface area contributed by atoms with Crippen LogP contribution in [-0.4, -0.2) is 50.4 Å². The maximum Gasteiger partial charge on any atom is 0.409 e. The Morgan fingerprint density at radius 2 is 2.58 bits per heavy atom. The Balaban J connectivity index is 2.40. The lowest BCUT2D eigenvalue weighted by Gasteiger charge is -2.31. The molecule has 1 heterocycles. The summed E-state index contributed by atoms with van der Waals surface area (Å²) in [5, 5.41) is 0. The Bertz CT molecular complexity index is 163. The first-order valence-corrected chi connectivity index (χ1v) is 3.92. The van der Waals surface area contributed by atoms with Gasteiger partial charge in [-0.2, -0.15) is 0 Å². The Labute approximate surface area is 71.4 Å². The van der Waals surface area contributed by atoms with E-state index in [1.54, 1.807) is 4.90 Å². The molecular weight excluding hydrogens is 160 g/mol. The van der Waals surface area contributed by atoms with Crippen molar-refractivity contribution in [1.29, 1.82) is 0 Å². The summed E-state index contributed by atoms with van der Waals surface area (Å²) in [4.78, 5) is 12.6. The number of nitrogens with two attached hydrogens (primary N) is 1. The van der Waals surface area contributed by atoms with Crippen molar-refractivity contribution in [3.8, 4) is 0 Å². The number of methoxy groups -OCH3 is 1. The van der Waals surface area contributed by atoms with Gasteiger partial charge in [-0.25, -0.2) is 4.79 Å². The van der Waals surface area contributed by atoms with Crippen molar-refractivity contribution in [1.82, 2.24) is 4.90 Å². The quantitative estimate of drug-likeness (QED) is 0.577. The fraction of sp³-hybridized carbons (Fsp3) is 0.857. The van der Waals surface area contributed by atoms with E-state index in [1.807, 2.05) is 0 Å². The van der Waals surface area contributed by atoms with Gasteiger partial charge in [0.05, 0.1) is 26.4 Å². The number of morpholine rings is 1. The van der Waals surface area contributed by atoms with Crippen molar-refractivity contribution in [2.24, 2.45) is 5.73 Å². The molecule has 1 unspecified atom stereocenters. The summed E-state index contributed by atoms with van der Waals surface area (Å²) in [6.07, 6.45) is -0.352. The number of ether oxygens (including phenoxy) is 2. The average molecular weight is 174 g/mol. The lowest BCUT2D eigenvalue weighted by molar-refractivity contribution is -0.0195. The minimum absolute atomic E-state index is 0.0437. The van der Waals surface area contributed by atoms with Crippen LogP contribution in [0.25, 0.3) is 0 Å². The second-order valence-corrected chi connectivity index (χ2v) is 2.64. The standard InChI is InChI=1S/C7H14N2O3/c1-11-7(10)9-2-3-12-6(4-8)5-9/h6H,2-5,8H2,1H3. The van der Waals surface area contributed by atoms with Crippen LogP contribution in [0.4, 0.5) is 4.79 Å². The topological polar surface area (TPSA) is 64.8 Å². The molecule has 12 heavy (non-hydrogen) atoms. The van der Waals surface area contributed by atoms with Crippen LogP contribution in [0, 0.1) is 0 Å². The highest BCUT2D eigenvalue weighted by molar-refractivity contribution is 5.67. The van der Waals surface area contributed by atoms with Crippen molar-refractivity contribution < 1.29 is 14.3 Å². The molecule has 0 bridgehead atoms. The molecule has 0 aliphatic carbocycles. The smallest absolute Gasteiger partial charge is 0.409 e. The second-order valence-electron chi connectivity index (χ2n) is 2.64. The van der Waals surface area contributed by atoms with Gasteiger partial charge in [0.25, 0.3) is 0 Å². The molecule has 0 aromatic rings. The minimum atomic E-state index is -0.309. The molecule has 0 aromatic carbocycles. The van der Waals surface area contributed by atoms with Crippen molar-refractivity contribution in [2.75, 3.05) is 33.4 Å². The number of hydrogen-bond donors (Lipinski definition) is 1. The first kappa shape index (κ1) is 9.28. The predicted molar refractivity (Wildman–Crippen MR) is 42.8 cm³/mol. The van der Waals surface area contributed by atoms with Gasteiger partial charge >= 0.3 is 6.09 Å². The van der Waals surface area contributed by atoms with E-state index in [-0.39, 0.29) is 12.2 Å². The third-order valence-electron chi connectivity index (χ3n) is 1.83. The zero-order valence-corrected chi connectivity index (χ0v) is 7.16. The van der Waals surface area contributed by atoms with E-state index >= 15 is 0 Å². The molecule has 2 N–H and O–H groups in total. The number of carbonyl (C=O) groups excluding carboxylic acids is 1. The molecule has 5 nitrogen and oxygen atoms in total.